The maximum absolute atomic E-state index is 13.5. The van der Waals surface area contributed by atoms with Crippen LogP contribution in [0.5, 0.6) is 0 Å². The lowest BCUT2D eigenvalue weighted by Gasteiger charge is -2.04. The normalized spacial score (nSPS) is 12.0. The van der Waals surface area contributed by atoms with E-state index in [1.165, 1.54) is 23.5 Å². The molecule has 0 aliphatic carbocycles. The van der Waals surface area contributed by atoms with E-state index in [0.717, 1.165) is 20.7 Å². The van der Waals surface area contributed by atoms with Gasteiger partial charge in [-0.05, 0) is 42.2 Å². The summed E-state index contributed by atoms with van der Waals surface area (Å²) in [7, 11) is 1.62. The molecule has 0 N–H and O–H groups in total. The molecule has 0 saturated carbocycles. The molecule has 1 aromatic heterocycles. The number of hydrogen-bond donors (Lipinski definition) is 0. The first kappa shape index (κ1) is 18.8. The number of fused-ring (bicyclic) bond motifs is 1. The van der Waals surface area contributed by atoms with Gasteiger partial charge < -0.3 is 9.30 Å². The minimum absolute atomic E-state index is 0.222. The summed E-state index contributed by atoms with van der Waals surface area (Å²) in [5, 5.41) is 0. The van der Waals surface area contributed by atoms with Crippen LogP contribution in [-0.4, -0.2) is 30.4 Å². The maximum atomic E-state index is 13.5. The average Bonchev–Trinajstić information content (AvgIpc) is 2.96. The standard InChI is InChI=1S/C19H19FN2O2S2/c1-24-10-9-22-16-8-5-14(20)12-17(16)26-19(22)21-18(23)11-13-3-6-15(25-2)7-4-13/h3-8,12H,9-11H2,1-2H3. The highest BCUT2D eigenvalue weighted by molar-refractivity contribution is 7.98. The van der Waals surface area contributed by atoms with E-state index in [9.17, 15) is 9.18 Å². The molecule has 0 bridgehead atoms. The van der Waals surface area contributed by atoms with E-state index in [4.69, 9.17) is 4.74 Å². The van der Waals surface area contributed by atoms with Crippen LogP contribution < -0.4 is 4.80 Å². The quantitative estimate of drug-likeness (QED) is 0.600. The number of hydrogen-bond acceptors (Lipinski definition) is 4. The molecular formula is C19H19FN2O2S2. The lowest BCUT2D eigenvalue weighted by Crippen LogP contribution is -2.19. The lowest BCUT2D eigenvalue weighted by atomic mass is 10.1. The number of carbonyl (C=O) groups excluding carboxylic acids is 1. The molecule has 0 aliphatic rings. The van der Waals surface area contributed by atoms with E-state index < -0.39 is 0 Å². The summed E-state index contributed by atoms with van der Waals surface area (Å²) in [6, 6.07) is 12.5. The van der Waals surface area contributed by atoms with Crippen molar-refractivity contribution in [2.75, 3.05) is 20.0 Å². The molecule has 136 valence electrons. The monoisotopic (exact) mass is 390 g/mol. The number of halogens is 1. The molecular weight excluding hydrogens is 371 g/mol. The van der Waals surface area contributed by atoms with Crippen molar-refractivity contribution >= 4 is 39.2 Å². The van der Waals surface area contributed by atoms with E-state index in [1.807, 2.05) is 35.1 Å². The van der Waals surface area contributed by atoms with Gasteiger partial charge in [0.1, 0.15) is 5.82 Å². The van der Waals surface area contributed by atoms with E-state index in [0.29, 0.717) is 18.0 Å². The van der Waals surface area contributed by atoms with Crippen LogP contribution in [0, 0.1) is 5.82 Å². The Morgan fingerprint density at radius 2 is 2.04 bits per heavy atom. The van der Waals surface area contributed by atoms with Gasteiger partial charge in [-0.1, -0.05) is 23.5 Å². The van der Waals surface area contributed by atoms with Crippen LogP contribution in [0.25, 0.3) is 10.2 Å². The van der Waals surface area contributed by atoms with Crippen LogP contribution in [-0.2, 0) is 22.5 Å². The molecule has 26 heavy (non-hydrogen) atoms. The van der Waals surface area contributed by atoms with Gasteiger partial charge in [0.05, 0.1) is 23.2 Å². The highest BCUT2D eigenvalue weighted by Gasteiger charge is 2.09. The summed E-state index contributed by atoms with van der Waals surface area (Å²) >= 11 is 2.97. The Balaban J connectivity index is 1.92. The fourth-order valence-electron chi connectivity index (χ4n) is 2.60. The van der Waals surface area contributed by atoms with Gasteiger partial charge in [-0.15, -0.1) is 11.8 Å². The van der Waals surface area contributed by atoms with Crippen molar-refractivity contribution in [1.29, 1.82) is 0 Å². The minimum Gasteiger partial charge on any atom is -0.383 e. The number of thiazole rings is 1. The first-order valence-corrected chi connectivity index (χ1v) is 10.1. The molecule has 3 aromatic rings. The van der Waals surface area contributed by atoms with Crippen LogP contribution >= 0.6 is 23.1 Å². The summed E-state index contributed by atoms with van der Waals surface area (Å²) in [4.78, 5) is 18.4. The second-order valence-electron chi connectivity index (χ2n) is 5.67. The summed E-state index contributed by atoms with van der Waals surface area (Å²) in [5.41, 5.74) is 1.77. The van der Waals surface area contributed by atoms with Gasteiger partial charge in [0.25, 0.3) is 5.91 Å². The van der Waals surface area contributed by atoms with Crippen molar-refractivity contribution in [3.05, 3.63) is 58.6 Å². The van der Waals surface area contributed by atoms with E-state index in [2.05, 4.69) is 4.99 Å². The number of nitrogens with zero attached hydrogens (tertiary/aromatic N) is 2. The fourth-order valence-corrected chi connectivity index (χ4v) is 4.10. The number of amides is 1. The van der Waals surface area contributed by atoms with Gasteiger partial charge in [-0.25, -0.2) is 4.39 Å². The van der Waals surface area contributed by atoms with Crippen molar-refractivity contribution in [1.82, 2.24) is 4.57 Å². The first-order valence-electron chi connectivity index (χ1n) is 8.09. The Morgan fingerprint density at radius 1 is 1.27 bits per heavy atom. The molecule has 1 heterocycles. The Morgan fingerprint density at radius 3 is 2.73 bits per heavy atom. The van der Waals surface area contributed by atoms with Crippen LogP contribution in [0.2, 0.25) is 0 Å². The Labute approximate surface area is 159 Å². The highest BCUT2D eigenvalue weighted by Crippen LogP contribution is 2.19. The number of aromatic nitrogens is 1. The minimum atomic E-state index is -0.301. The van der Waals surface area contributed by atoms with Crippen LogP contribution in [0.1, 0.15) is 5.56 Å². The van der Waals surface area contributed by atoms with Crippen molar-refractivity contribution in [2.24, 2.45) is 4.99 Å². The zero-order valence-corrected chi connectivity index (χ0v) is 16.2. The van der Waals surface area contributed by atoms with Crippen LogP contribution in [0.3, 0.4) is 0 Å². The molecule has 0 unspecified atom stereocenters. The van der Waals surface area contributed by atoms with Crippen LogP contribution in [0.4, 0.5) is 4.39 Å². The highest BCUT2D eigenvalue weighted by atomic mass is 32.2. The first-order chi connectivity index (χ1) is 12.6. The number of rotatable bonds is 6. The molecule has 2 aromatic carbocycles. The lowest BCUT2D eigenvalue weighted by molar-refractivity contribution is -0.117. The van der Waals surface area contributed by atoms with E-state index in [-0.39, 0.29) is 18.1 Å². The second kappa shape index (κ2) is 8.62. The fraction of sp³-hybridized carbons (Fsp3) is 0.263. The third-order valence-electron chi connectivity index (χ3n) is 3.90. The zero-order valence-electron chi connectivity index (χ0n) is 14.6. The Bertz CT molecular complexity index is 977. The molecule has 0 spiro atoms. The molecule has 3 rings (SSSR count). The molecule has 0 atom stereocenters. The van der Waals surface area contributed by atoms with Gasteiger partial charge in [0, 0.05) is 18.6 Å². The average molecular weight is 391 g/mol. The van der Waals surface area contributed by atoms with Crippen molar-refractivity contribution < 1.29 is 13.9 Å². The SMILES string of the molecule is COCCn1c(=NC(=O)Cc2ccc(SC)cc2)sc2cc(F)ccc21. The summed E-state index contributed by atoms with van der Waals surface area (Å²) in [5.74, 6) is -0.524. The molecule has 0 saturated heterocycles. The Hall–Kier alpha value is -1.96. The number of ether oxygens (including phenoxy) is 1. The Kier molecular flexibility index (Phi) is 6.24. The number of benzene rings is 2. The summed E-state index contributed by atoms with van der Waals surface area (Å²) in [6.07, 6.45) is 2.25. The summed E-state index contributed by atoms with van der Waals surface area (Å²) in [6.45, 7) is 1.04. The third-order valence-corrected chi connectivity index (χ3v) is 5.68. The summed E-state index contributed by atoms with van der Waals surface area (Å²) < 4.78 is 21.3. The predicted molar refractivity (Wildman–Crippen MR) is 104 cm³/mol. The number of thioether (sulfide) groups is 1. The largest absolute Gasteiger partial charge is 0.383 e. The molecule has 0 aliphatic heterocycles. The van der Waals surface area contributed by atoms with Gasteiger partial charge in [0.15, 0.2) is 4.80 Å². The molecule has 1 amide bonds. The maximum Gasteiger partial charge on any atom is 0.252 e. The van der Waals surface area contributed by atoms with Crippen molar-refractivity contribution in [3.63, 3.8) is 0 Å². The van der Waals surface area contributed by atoms with Gasteiger partial charge >= 0.3 is 0 Å². The molecule has 0 fully saturated rings. The molecule has 0 radical (unpaired) electrons. The smallest absolute Gasteiger partial charge is 0.252 e. The number of methoxy groups -OCH3 is 1. The van der Waals surface area contributed by atoms with E-state index in [1.54, 1.807) is 24.9 Å². The van der Waals surface area contributed by atoms with Crippen molar-refractivity contribution in [3.8, 4) is 0 Å². The zero-order chi connectivity index (χ0) is 18.5. The predicted octanol–water partition coefficient (Wildman–Crippen LogP) is 3.88. The molecule has 4 nitrogen and oxygen atoms in total. The van der Waals surface area contributed by atoms with Gasteiger partial charge in [0.2, 0.25) is 0 Å². The molecule has 7 heteroatoms. The second-order valence-corrected chi connectivity index (χ2v) is 7.56. The van der Waals surface area contributed by atoms with Gasteiger partial charge in [-0.2, -0.15) is 4.99 Å². The van der Waals surface area contributed by atoms with Crippen molar-refractivity contribution in [2.45, 2.75) is 17.9 Å². The topological polar surface area (TPSA) is 43.6 Å². The van der Waals surface area contributed by atoms with E-state index >= 15 is 0 Å². The van der Waals surface area contributed by atoms with Gasteiger partial charge in [-0.3, -0.25) is 4.79 Å². The number of carbonyl (C=O) groups is 1. The van der Waals surface area contributed by atoms with Crippen LogP contribution in [0.15, 0.2) is 52.4 Å². The third kappa shape index (κ3) is 4.41.